The number of nitrogens with one attached hydrogen (secondary N) is 1. The summed E-state index contributed by atoms with van der Waals surface area (Å²) >= 11 is 0. The van der Waals surface area contributed by atoms with Gasteiger partial charge < -0.3 is 5.73 Å². The fourth-order valence-electron chi connectivity index (χ4n) is 1.78. The number of fused-ring (bicyclic) bond motifs is 1. The van der Waals surface area contributed by atoms with Crippen LogP contribution in [0.4, 0.5) is 5.82 Å². The number of hydrogen-bond donors (Lipinski definition) is 2. The van der Waals surface area contributed by atoms with Crippen molar-refractivity contribution >= 4 is 5.82 Å². The fourth-order valence-corrected chi connectivity index (χ4v) is 1.78. The van der Waals surface area contributed by atoms with Crippen LogP contribution in [0.25, 0.3) is 0 Å². The van der Waals surface area contributed by atoms with Gasteiger partial charge in [0.15, 0.2) is 0 Å². The van der Waals surface area contributed by atoms with Crippen molar-refractivity contribution in [2.75, 3.05) is 12.3 Å². The summed E-state index contributed by atoms with van der Waals surface area (Å²) in [6.45, 7) is 6.46. The first-order chi connectivity index (χ1) is 6.18. The van der Waals surface area contributed by atoms with Crippen LogP contribution in [-0.2, 0) is 13.0 Å². The van der Waals surface area contributed by atoms with Gasteiger partial charge in [-0.1, -0.05) is 0 Å². The van der Waals surface area contributed by atoms with E-state index in [0.717, 1.165) is 19.5 Å². The van der Waals surface area contributed by atoms with Crippen molar-refractivity contribution in [1.29, 1.82) is 0 Å². The molecule has 13 heavy (non-hydrogen) atoms. The summed E-state index contributed by atoms with van der Waals surface area (Å²) in [6.07, 6.45) is 1.04. The average molecular weight is 180 g/mol. The van der Waals surface area contributed by atoms with Gasteiger partial charge in [-0.25, -0.2) is 0 Å². The van der Waals surface area contributed by atoms with E-state index in [1.807, 2.05) is 0 Å². The zero-order chi connectivity index (χ0) is 9.42. The molecule has 0 aliphatic carbocycles. The summed E-state index contributed by atoms with van der Waals surface area (Å²) in [6, 6.07) is 0.586. The molecule has 0 aromatic carbocycles. The highest BCUT2D eigenvalue weighted by Crippen LogP contribution is 2.22. The van der Waals surface area contributed by atoms with E-state index in [4.69, 9.17) is 5.73 Å². The Labute approximate surface area is 78.1 Å². The van der Waals surface area contributed by atoms with Crippen LogP contribution < -0.4 is 5.73 Å². The third-order valence-corrected chi connectivity index (χ3v) is 2.73. The standard InChI is InChI=1S/C9H16N4/c1-6(2)13-4-3-8-7(5-13)9(10)12-11-8/h6H,3-5H2,1-2H3,(H3,10,11,12). The molecule has 0 unspecified atom stereocenters. The van der Waals surface area contributed by atoms with Crippen molar-refractivity contribution in [2.45, 2.75) is 32.9 Å². The molecular weight excluding hydrogens is 164 g/mol. The second-order valence-electron chi connectivity index (χ2n) is 3.88. The smallest absolute Gasteiger partial charge is 0.149 e. The zero-order valence-corrected chi connectivity index (χ0v) is 8.17. The maximum Gasteiger partial charge on any atom is 0.149 e. The van der Waals surface area contributed by atoms with Gasteiger partial charge in [0.2, 0.25) is 0 Å². The Bertz CT molecular complexity index is 303. The first-order valence-corrected chi connectivity index (χ1v) is 4.74. The van der Waals surface area contributed by atoms with Gasteiger partial charge in [-0.05, 0) is 13.8 Å². The molecule has 2 rings (SSSR count). The van der Waals surface area contributed by atoms with Gasteiger partial charge in [-0.3, -0.25) is 10.00 Å². The number of rotatable bonds is 1. The monoisotopic (exact) mass is 180 g/mol. The van der Waals surface area contributed by atoms with E-state index in [1.54, 1.807) is 0 Å². The number of H-pyrrole nitrogens is 1. The van der Waals surface area contributed by atoms with Crippen LogP contribution in [0.5, 0.6) is 0 Å². The summed E-state index contributed by atoms with van der Waals surface area (Å²) in [5, 5.41) is 7.00. The second kappa shape index (κ2) is 3.03. The molecule has 0 atom stereocenters. The van der Waals surface area contributed by atoms with Gasteiger partial charge in [0.1, 0.15) is 5.82 Å². The number of anilines is 1. The van der Waals surface area contributed by atoms with Crippen molar-refractivity contribution < 1.29 is 0 Å². The molecule has 72 valence electrons. The highest BCUT2D eigenvalue weighted by molar-refractivity contribution is 5.43. The van der Waals surface area contributed by atoms with E-state index < -0.39 is 0 Å². The van der Waals surface area contributed by atoms with Crippen LogP contribution in [0.3, 0.4) is 0 Å². The van der Waals surface area contributed by atoms with Crippen LogP contribution in [0.15, 0.2) is 0 Å². The van der Waals surface area contributed by atoms with E-state index >= 15 is 0 Å². The Morgan fingerprint density at radius 1 is 1.54 bits per heavy atom. The van der Waals surface area contributed by atoms with E-state index in [1.165, 1.54) is 11.3 Å². The maximum absolute atomic E-state index is 5.75. The SMILES string of the molecule is CC(C)N1CCc2[nH]nc(N)c2C1. The number of aromatic nitrogens is 2. The lowest BCUT2D eigenvalue weighted by atomic mass is 10.1. The molecule has 0 saturated heterocycles. The van der Waals surface area contributed by atoms with Crippen LogP contribution in [0.1, 0.15) is 25.1 Å². The minimum absolute atomic E-state index is 0.586. The van der Waals surface area contributed by atoms with Gasteiger partial charge in [-0.15, -0.1) is 0 Å². The summed E-state index contributed by atoms with van der Waals surface area (Å²) in [7, 11) is 0. The molecule has 0 radical (unpaired) electrons. The predicted octanol–water partition coefficient (Wildman–Crippen LogP) is 0.758. The highest BCUT2D eigenvalue weighted by atomic mass is 15.2. The molecule has 4 nitrogen and oxygen atoms in total. The first-order valence-electron chi connectivity index (χ1n) is 4.74. The van der Waals surface area contributed by atoms with Crippen molar-refractivity contribution in [3.05, 3.63) is 11.3 Å². The molecule has 0 spiro atoms. The van der Waals surface area contributed by atoms with Gasteiger partial charge in [-0.2, -0.15) is 5.10 Å². The van der Waals surface area contributed by atoms with E-state index in [9.17, 15) is 0 Å². The number of nitrogens with two attached hydrogens (primary N) is 1. The molecule has 1 aromatic heterocycles. The van der Waals surface area contributed by atoms with Crippen LogP contribution in [0.2, 0.25) is 0 Å². The number of nitrogens with zero attached hydrogens (tertiary/aromatic N) is 2. The van der Waals surface area contributed by atoms with E-state index in [-0.39, 0.29) is 0 Å². The van der Waals surface area contributed by atoms with Gasteiger partial charge >= 0.3 is 0 Å². The summed E-state index contributed by atoms with van der Waals surface area (Å²) in [5.74, 6) is 0.667. The molecule has 0 saturated carbocycles. The molecule has 4 heteroatoms. The van der Waals surface area contributed by atoms with Crippen LogP contribution in [0, 0.1) is 0 Å². The molecule has 2 heterocycles. The van der Waals surface area contributed by atoms with Gasteiger partial charge in [0, 0.05) is 36.8 Å². The van der Waals surface area contributed by atoms with Crippen molar-refractivity contribution in [3.63, 3.8) is 0 Å². The average Bonchev–Trinajstić information content (AvgIpc) is 2.47. The Balaban J connectivity index is 2.22. The Morgan fingerprint density at radius 3 is 3.00 bits per heavy atom. The predicted molar refractivity (Wildman–Crippen MR) is 52.3 cm³/mol. The molecular formula is C9H16N4. The van der Waals surface area contributed by atoms with E-state index in [2.05, 4.69) is 28.9 Å². The molecule has 1 aromatic rings. The van der Waals surface area contributed by atoms with Gasteiger partial charge in [0.25, 0.3) is 0 Å². The summed E-state index contributed by atoms with van der Waals surface area (Å²) in [4.78, 5) is 2.41. The Hall–Kier alpha value is -1.03. The van der Waals surface area contributed by atoms with Crippen molar-refractivity contribution in [3.8, 4) is 0 Å². The van der Waals surface area contributed by atoms with Gasteiger partial charge in [0.05, 0.1) is 0 Å². The normalized spacial score (nSPS) is 17.8. The molecule has 0 amide bonds. The topological polar surface area (TPSA) is 57.9 Å². The Kier molecular flexibility index (Phi) is 2.00. The van der Waals surface area contributed by atoms with Crippen LogP contribution >= 0.6 is 0 Å². The first kappa shape index (κ1) is 8.56. The largest absolute Gasteiger partial charge is 0.382 e. The second-order valence-corrected chi connectivity index (χ2v) is 3.88. The Morgan fingerprint density at radius 2 is 2.31 bits per heavy atom. The highest BCUT2D eigenvalue weighted by Gasteiger charge is 2.21. The summed E-state index contributed by atoms with van der Waals surface area (Å²) < 4.78 is 0. The minimum Gasteiger partial charge on any atom is -0.382 e. The molecule has 3 N–H and O–H groups in total. The molecule has 0 bridgehead atoms. The number of hydrogen-bond acceptors (Lipinski definition) is 3. The molecule has 1 aliphatic heterocycles. The van der Waals surface area contributed by atoms with Crippen LogP contribution in [-0.4, -0.2) is 27.7 Å². The quantitative estimate of drug-likeness (QED) is 0.670. The summed E-state index contributed by atoms with van der Waals surface area (Å²) in [5.41, 5.74) is 8.17. The lowest BCUT2D eigenvalue weighted by Crippen LogP contribution is -2.35. The van der Waals surface area contributed by atoms with E-state index in [0.29, 0.717) is 11.9 Å². The third-order valence-electron chi connectivity index (χ3n) is 2.73. The lowest BCUT2D eigenvalue weighted by molar-refractivity contribution is 0.203. The van der Waals surface area contributed by atoms with Crippen molar-refractivity contribution in [1.82, 2.24) is 15.1 Å². The zero-order valence-electron chi connectivity index (χ0n) is 8.17. The maximum atomic E-state index is 5.75. The molecule has 0 fully saturated rings. The number of nitrogen functional groups attached to an aromatic ring is 1. The van der Waals surface area contributed by atoms with Crippen molar-refractivity contribution in [2.24, 2.45) is 0 Å². The number of aromatic amines is 1. The third kappa shape index (κ3) is 1.42. The molecule has 1 aliphatic rings. The lowest BCUT2D eigenvalue weighted by Gasteiger charge is -2.29. The minimum atomic E-state index is 0.586. The fraction of sp³-hybridized carbons (Fsp3) is 0.667.